The van der Waals surface area contributed by atoms with Crippen LogP contribution in [0.15, 0.2) is 40.9 Å². The smallest absolute Gasteiger partial charge is 0.341 e. The van der Waals surface area contributed by atoms with Crippen molar-refractivity contribution >= 4 is 23.8 Å². The van der Waals surface area contributed by atoms with E-state index in [4.69, 9.17) is 4.74 Å². The minimum Gasteiger partial charge on any atom is -0.483 e. The number of amides is 2. The van der Waals surface area contributed by atoms with E-state index in [0.29, 0.717) is 17.7 Å². The van der Waals surface area contributed by atoms with Crippen LogP contribution in [0.25, 0.3) is 11.3 Å². The van der Waals surface area contributed by atoms with Crippen molar-refractivity contribution < 1.29 is 22.7 Å². The molecule has 1 fully saturated rings. The van der Waals surface area contributed by atoms with Gasteiger partial charge in [-0.25, -0.2) is 23.0 Å². The number of carbonyl (C=O) groups is 1. The monoisotopic (exact) mass is 473 g/mol. The second-order valence-corrected chi connectivity index (χ2v) is 8.47. The summed E-state index contributed by atoms with van der Waals surface area (Å²) < 4.78 is 51.5. The fourth-order valence-corrected chi connectivity index (χ4v) is 4.54. The summed E-state index contributed by atoms with van der Waals surface area (Å²) in [7, 11) is 0. The van der Waals surface area contributed by atoms with E-state index in [1.54, 1.807) is 0 Å². The van der Waals surface area contributed by atoms with Crippen LogP contribution in [-0.4, -0.2) is 50.7 Å². The van der Waals surface area contributed by atoms with Gasteiger partial charge < -0.3 is 9.64 Å². The molecule has 170 valence electrons. The Morgan fingerprint density at radius 3 is 2.61 bits per heavy atom. The highest BCUT2D eigenvalue weighted by Gasteiger charge is 2.39. The number of nitrogens with zero attached hydrogens (tertiary/aromatic N) is 5. The highest BCUT2D eigenvalue weighted by Crippen LogP contribution is 2.32. The lowest BCUT2D eigenvalue weighted by Crippen LogP contribution is -2.58. The summed E-state index contributed by atoms with van der Waals surface area (Å²) in [4.78, 5) is 18.5. The molecule has 1 atom stereocenters. The van der Waals surface area contributed by atoms with Gasteiger partial charge in [-0.1, -0.05) is 0 Å². The van der Waals surface area contributed by atoms with Crippen LogP contribution in [0.1, 0.15) is 23.7 Å². The zero-order valence-electron chi connectivity index (χ0n) is 17.4. The number of aromatic nitrogens is 2. The van der Waals surface area contributed by atoms with Crippen LogP contribution in [0.2, 0.25) is 0 Å². The van der Waals surface area contributed by atoms with Crippen molar-refractivity contribution in [2.24, 2.45) is 5.10 Å². The average Bonchev–Trinajstić information content (AvgIpc) is 3.39. The van der Waals surface area contributed by atoms with E-state index < -0.39 is 35.6 Å². The van der Waals surface area contributed by atoms with Crippen LogP contribution in [0.5, 0.6) is 5.75 Å². The molecule has 1 unspecified atom stereocenters. The maximum absolute atomic E-state index is 14.3. The number of urea groups is 1. The van der Waals surface area contributed by atoms with Crippen LogP contribution >= 0.6 is 11.5 Å². The van der Waals surface area contributed by atoms with Crippen LogP contribution < -0.4 is 4.74 Å². The van der Waals surface area contributed by atoms with Crippen molar-refractivity contribution in [1.82, 2.24) is 19.3 Å². The lowest BCUT2D eigenvalue weighted by molar-refractivity contribution is 0.0256. The van der Waals surface area contributed by atoms with E-state index in [2.05, 4.69) is 14.5 Å². The SMILES string of the molecule is Cc1nscc1-c1cc(OC2CN(C(=O)N3N=CCC3c3cc(F)cc(F)c3)C2)c(F)cn1. The molecule has 0 saturated carbocycles. The molecule has 11 heteroatoms. The first-order chi connectivity index (χ1) is 15.9. The summed E-state index contributed by atoms with van der Waals surface area (Å²) in [5, 5.41) is 7.13. The Labute approximate surface area is 191 Å². The number of pyridine rings is 1. The van der Waals surface area contributed by atoms with E-state index in [9.17, 15) is 18.0 Å². The first kappa shape index (κ1) is 21.4. The second-order valence-electron chi connectivity index (χ2n) is 7.84. The van der Waals surface area contributed by atoms with Crippen LogP contribution in [-0.2, 0) is 0 Å². The molecule has 0 bridgehead atoms. The maximum atomic E-state index is 14.3. The van der Waals surface area contributed by atoms with Gasteiger partial charge >= 0.3 is 6.03 Å². The number of carbonyl (C=O) groups excluding carboxylic acids is 1. The number of halogens is 3. The molecule has 1 saturated heterocycles. The molecule has 2 aliphatic heterocycles. The zero-order chi connectivity index (χ0) is 23.1. The second kappa shape index (κ2) is 8.47. The number of aryl methyl sites for hydroxylation is 1. The van der Waals surface area contributed by atoms with Crippen molar-refractivity contribution in [1.29, 1.82) is 0 Å². The summed E-state index contributed by atoms with van der Waals surface area (Å²) >= 11 is 1.29. The standard InChI is InChI=1S/C22H18F3N5O2S/c1-12-17(11-33-28-12)19-7-21(18(25)8-26-19)32-16-9-29(10-16)22(31)30-20(2-3-27-30)13-4-14(23)6-15(24)5-13/h3-8,11,16,20H,2,9-10H2,1H3. The molecule has 0 radical (unpaired) electrons. The molecule has 0 N–H and O–H groups in total. The highest BCUT2D eigenvalue weighted by molar-refractivity contribution is 7.04. The molecule has 2 aliphatic rings. The summed E-state index contributed by atoms with van der Waals surface area (Å²) in [6.07, 6.45) is 2.58. The van der Waals surface area contributed by atoms with Crippen LogP contribution in [0, 0.1) is 24.4 Å². The topological polar surface area (TPSA) is 70.9 Å². The molecular weight excluding hydrogens is 455 g/mol. The summed E-state index contributed by atoms with van der Waals surface area (Å²) in [5.41, 5.74) is 2.49. The number of ether oxygens (including phenoxy) is 1. The molecule has 4 heterocycles. The first-order valence-corrected chi connectivity index (χ1v) is 11.0. The van der Waals surface area contributed by atoms with Gasteiger partial charge in [0.15, 0.2) is 11.6 Å². The quantitative estimate of drug-likeness (QED) is 0.558. The van der Waals surface area contributed by atoms with Gasteiger partial charge in [0.1, 0.15) is 17.7 Å². The number of hydrogen-bond acceptors (Lipinski definition) is 6. The third kappa shape index (κ3) is 4.15. The molecule has 33 heavy (non-hydrogen) atoms. The van der Waals surface area contributed by atoms with Crippen molar-refractivity contribution in [3.05, 3.63) is 64.6 Å². The molecule has 0 spiro atoms. The molecule has 3 aromatic rings. The largest absolute Gasteiger partial charge is 0.483 e. The van der Waals surface area contributed by atoms with E-state index in [1.165, 1.54) is 45.9 Å². The summed E-state index contributed by atoms with van der Waals surface area (Å²) in [6.45, 7) is 2.30. The van der Waals surface area contributed by atoms with E-state index in [-0.39, 0.29) is 18.8 Å². The van der Waals surface area contributed by atoms with Crippen LogP contribution in [0.4, 0.5) is 18.0 Å². The molecule has 1 aromatic carbocycles. The Balaban J connectivity index is 1.24. The number of rotatable bonds is 4. The van der Waals surface area contributed by atoms with Crippen LogP contribution in [0.3, 0.4) is 0 Å². The van der Waals surface area contributed by atoms with Crippen molar-refractivity contribution in [2.45, 2.75) is 25.5 Å². The van der Waals surface area contributed by atoms with Crippen molar-refractivity contribution in [3.8, 4) is 17.0 Å². The van der Waals surface area contributed by atoms with Gasteiger partial charge in [-0.2, -0.15) is 9.47 Å². The van der Waals surface area contributed by atoms with Gasteiger partial charge in [0.2, 0.25) is 0 Å². The number of likely N-dealkylation sites (tertiary alicyclic amines) is 1. The Kier molecular flexibility index (Phi) is 5.49. The normalized spacial score (nSPS) is 18.0. The Morgan fingerprint density at radius 1 is 1.15 bits per heavy atom. The summed E-state index contributed by atoms with van der Waals surface area (Å²) in [6, 6.07) is 3.69. The van der Waals surface area contributed by atoms with Gasteiger partial charge in [0.05, 0.1) is 36.7 Å². The lowest BCUT2D eigenvalue weighted by atomic mass is 10.0. The predicted molar refractivity (Wildman–Crippen MR) is 115 cm³/mol. The lowest BCUT2D eigenvalue weighted by Gasteiger charge is -2.41. The minimum atomic E-state index is -0.714. The van der Waals surface area contributed by atoms with Gasteiger partial charge in [-0.15, -0.1) is 0 Å². The molecule has 2 aromatic heterocycles. The van der Waals surface area contributed by atoms with Crippen molar-refractivity contribution in [3.63, 3.8) is 0 Å². The third-order valence-corrected chi connectivity index (χ3v) is 6.27. The number of hydrazone groups is 1. The highest BCUT2D eigenvalue weighted by atomic mass is 32.1. The Morgan fingerprint density at radius 2 is 1.91 bits per heavy atom. The molecule has 7 nitrogen and oxygen atoms in total. The first-order valence-electron chi connectivity index (χ1n) is 10.2. The molecule has 5 rings (SSSR count). The predicted octanol–water partition coefficient (Wildman–Crippen LogP) is 4.55. The minimum absolute atomic E-state index is 0.0509. The average molecular weight is 473 g/mol. The van der Waals surface area contributed by atoms with Gasteiger partial charge in [-0.05, 0) is 36.2 Å². The molecule has 0 aliphatic carbocycles. The maximum Gasteiger partial charge on any atom is 0.341 e. The van der Waals surface area contributed by atoms with E-state index >= 15 is 0 Å². The molecule has 2 amide bonds. The number of benzene rings is 1. The van der Waals surface area contributed by atoms with Gasteiger partial charge in [0.25, 0.3) is 0 Å². The van der Waals surface area contributed by atoms with E-state index in [0.717, 1.165) is 23.5 Å². The summed E-state index contributed by atoms with van der Waals surface area (Å²) in [5.74, 6) is -1.97. The van der Waals surface area contributed by atoms with Gasteiger partial charge in [0, 0.05) is 35.7 Å². The number of hydrogen-bond donors (Lipinski definition) is 0. The third-order valence-electron chi connectivity index (χ3n) is 5.55. The zero-order valence-corrected chi connectivity index (χ0v) is 18.2. The Bertz CT molecular complexity index is 1220. The Hall–Kier alpha value is -3.47. The fraction of sp³-hybridized carbons (Fsp3) is 0.273. The molecular formula is C22H18F3N5O2S. The fourth-order valence-electron chi connectivity index (χ4n) is 3.83. The van der Waals surface area contributed by atoms with E-state index in [1.807, 2.05) is 12.3 Å². The van der Waals surface area contributed by atoms with Crippen molar-refractivity contribution in [2.75, 3.05) is 13.1 Å². The van der Waals surface area contributed by atoms with Gasteiger partial charge in [-0.3, -0.25) is 4.98 Å².